The van der Waals surface area contributed by atoms with Crippen molar-refractivity contribution in [2.75, 3.05) is 25.1 Å². The molecule has 0 radical (unpaired) electrons. The molecule has 0 unspecified atom stereocenters. The van der Waals surface area contributed by atoms with Gasteiger partial charge in [-0.2, -0.15) is 0 Å². The zero-order valence-electron chi connectivity index (χ0n) is 10.3. The van der Waals surface area contributed by atoms with Crippen molar-refractivity contribution in [3.8, 4) is 0 Å². The van der Waals surface area contributed by atoms with Gasteiger partial charge in [-0.15, -0.1) is 11.3 Å². The van der Waals surface area contributed by atoms with E-state index in [-0.39, 0.29) is 6.61 Å². The smallest absolute Gasteiger partial charge is 0.152 e. The van der Waals surface area contributed by atoms with Gasteiger partial charge in [0, 0.05) is 6.54 Å². The van der Waals surface area contributed by atoms with Crippen LogP contribution in [0.1, 0.15) is 12.7 Å². The van der Waals surface area contributed by atoms with Crippen LogP contribution in [0.4, 0.5) is 5.82 Å². The predicted octanol–water partition coefficient (Wildman–Crippen LogP) is 0.791. The quantitative estimate of drug-likeness (QED) is 0.530. The van der Waals surface area contributed by atoms with Crippen LogP contribution in [0.25, 0.3) is 10.2 Å². The Balaban J connectivity index is 2.27. The molecule has 4 N–H and O–H groups in total. The SMILES string of the molecule is CCN(CCO)Cc1nc(NN)c2ccsc2n1. The molecule has 2 heterocycles. The molecule has 0 aromatic carbocycles. The van der Waals surface area contributed by atoms with E-state index in [4.69, 9.17) is 10.9 Å². The summed E-state index contributed by atoms with van der Waals surface area (Å²) in [4.78, 5) is 11.9. The van der Waals surface area contributed by atoms with E-state index >= 15 is 0 Å². The second-order valence-corrected chi connectivity index (χ2v) is 4.76. The number of anilines is 1. The van der Waals surface area contributed by atoms with Crippen LogP contribution in [-0.4, -0.2) is 39.7 Å². The fourth-order valence-electron chi connectivity index (χ4n) is 1.77. The maximum Gasteiger partial charge on any atom is 0.152 e. The molecule has 0 spiro atoms. The second-order valence-electron chi connectivity index (χ2n) is 3.86. The van der Waals surface area contributed by atoms with Crippen molar-refractivity contribution in [1.82, 2.24) is 14.9 Å². The normalized spacial score (nSPS) is 11.3. The molecule has 7 heteroatoms. The molecule has 0 bridgehead atoms. The molecule has 2 aromatic heterocycles. The molecule has 0 atom stereocenters. The molecule has 6 nitrogen and oxygen atoms in total. The van der Waals surface area contributed by atoms with E-state index < -0.39 is 0 Å². The van der Waals surface area contributed by atoms with Crippen LogP contribution in [0.3, 0.4) is 0 Å². The number of nitrogen functional groups attached to an aromatic ring is 1. The van der Waals surface area contributed by atoms with Gasteiger partial charge in [0.05, 0.1) is 18.5 Å². The highest BCUT2D eigenvalue weighted by atomic mass is 32.1. The monoisotopic (exact) mass is 267 g/mol. The largest absolute Gasteiger partial charge is 0.395 e. The first-order valence-corrected chi connectivity index (χ1v) is 6.70. The van der Waals surface area contributed by atoms with Crippen molar-refractivity contribution in [3.05, 3.63) is 17.3 Å². The Labute approximate surface area is 109 Å². The summed E-state index contributed by atoms with van der Waals surface area (Å²) in [5.74, 6) is 6.84. The van der Waals surface area contributed by atoms with Crippen molar-refractivity contribution in [2.24, 2.45) is 5.84 Å². The first-order chi connectivity index (χ1) is 8.78. The third-order valence-electron chi connectivity index (χ3n) is 2.74. The van der Waals surface area contributed by atoms with Crippen LogP contribution in [0.2, 0.25) is 0 Å². The summed E-state index contributed by atoms with van der Waals surface area (Å²) < 4.78 is 0. The van der Waals surface area contributed by atoms with Gasteiger partial charge in [0.15, 0.2) is 5.82 Å². The number of nitrogens with zero attached hydrogens (tertiary/aromatic N) is 3. The standard InChI is InChI=1S/C11H17N5OS/c1-2-16(4-5-17)7-9-13-10(15-12)8-3-6-18-11(8)14-9/h3,6,17H,2,4-5,7,12H2,1H3,(H,13,14,15). The molecule has 0 saturated heterocycles. The van der Waals surface area contributed by atoms with E-state index in [9.17, 15) is 0 Å². The van der Waals surface area contributed by atoms with Crippen molar-refractivity contribution in [3.63, 3.8) is 0 Å². The number of hydrogen-bond acceptors (Lipinski definition) is 7. The number of hydrogen-bond donors (Lipinski definition) is 3. The molecule has 0 aliphatic rings. The summed E-state index contributed by atoms with van der Waals surface area (Å²) in [5.41, 5.74) is 2.61. The highest BCUT2D eigenvalue weighted by Crippen LogP contribution is 2.24. The fourth-order valence-corrected chi connectivity index (χ4v) is 2.55. The summed E-state index contributed by atoms with van der Waals surface area (Å²) >= 11 is 1.56. The van der Waals surface area contributed by atoms with Gasteiger partial charge in [-0.05, 0) is 18.0 Å². The highest BCUT2D eigenvalue weighted by molar-refractivity contribution is 7.16. The van der Waals surface area contributed by atoms with Crippen molar-refractivity contribution in [1.29, 1.82) is 0 Å². The van der Waals surface area contributed by atoms with Gasteiger partial charge in [-0.25, -0.2) is 15.8 Å². The number of likely N-dealkylation sites (N-methyl/N-ethyl adjacent to an activating group) is 1. The Morgan fingerprint density at radius 2 is 2.33 bits per heavy atom. The number of thiophene rings is 1. The lowest BCUT2D eigenvalue weighted by molar-refractivity contribution is 0.194. The number of rotatable bonds is 6. The average Bonchev–Trinajstić information content (AvgIpc) is 2.85. The second kappa shape index (κ2) is 6.05. The van der Waals surface area contributed by atoms with Crippen LogP contribution in [0.15, 0.2) is 11.4 Å². The number of aromatic nitrogens is 2. The van der Waals surface area contributed by atoms with Crippen LogP contribution in [0, 0.1) is 0 Å². The minimum atomic E-state index is 0.136. The van der Waals surface area contributed by atoms with Crippen molar-refractivity contribution >= 4 is 27.4 Å². The molecule has 2 rings (SSSR count). The molecule has 0 amide bonds. The van der Waals surface area contributed by atoms with Gasteiger partial charge in [-0.3, -0.25) is 4.90 Å². The van der Waals surface area contributed by atoms with Gasteiger partial charge in [0.25, 0.3) is 0 Å². The Kier molecular flexibility index (Phi) is 4.43. The van der Waals surface area contributed by atoms with Crippen molar-refractivity contribution < 1.29 is 5.11 Å². The lowest BCUT2D eigenvalue weighted by atomic mass is 10.3. The van der Waals surface area contributed by atoms with Crippen LogP contribution < -0.4 is 11.3 Å². The molecule has 0 fully saturated rings. The molecular formula is C11H17N5OS. The van der Waals surface area contributed by atoms with E-state index in [1.807, 2.05) is 18.4 Å². The summed E-state index contributed by atoms with van der Waals surface area (Å²) in [7, 11) is 0. The number of hydrazine groups is 1. The molecule has 18 heavy (non-hydrogen) atoms. The lowest BCUT2D eigenvalue weighted by Crippen LogP contribution is -2.27. The van der Waals surface area contributed by atoms with Crippen molar-refractivity contribution in [2.45, 2.75) is 13.5 Å². The molecule has 98 valence electrons. The number of aliphatic hydroxyl groups excluding tert-OH is 1. The Hall–Kier alpha value is -1.28. The lowest BCUT2D eigenvalue weighted by Gasteiger charge is -2.18. The summed E-state index contributed by atoms with van der Waals surface area (Å²) in [5, 5.41) is 11.9. The van der Waals surface area contributed by atoms with E-state index in [0.717, 1.165) is 16.8 Å². The maximum absolute atomic E-state index is 8.97. The van der Waals surface area contributed by atoms with E-state index in [1.54, 1.807) is 11.3 Å². The number of aliphatic hydroxyl groups is 1. The summed E-state index contributed by atoms with van der Waals surface area (Å²) in [6.45, 7) is 4.25. The van der Waals surface area contributed by atoms with Crippen LogP contribution in [0.5, 0.6) is 0 Å². The Morgan fingerprint density at radius 3 is 3.00 bits per heavy atom. The van der Waals surface area contributed by atoms with Crippen LogP contribution >= 0.6 is 11.3 Å². The molecule has 0 saturated carbocycles. The van der Waals surface area contributed by atoms with Crippen LogP contribution in [-0.2, 0) is 6.54 Å². The number of nitrogens with two attached hydrogens (primary N) is 1. The third-order valence-corrected chi connectivity index (χ3v) is 3.54. The average molecular weight is 267 g/mol. The maximum atomic E-state index is 8.97. The van der Waals surface area contributed by atoms with Gasteiger partial charge >= 0.3 is 0 Å². The molecule has 0 aliphatic heterocycles. The third kappa shape index (κ3) is 2.75. The number of nitrogens with one attached hydrogen (secondary N) is 1. The number of fused-ring (bicyclic) bond motifs is 1. The Bertz CT molecular complexity index is 515. The first-order valence-electron chi connectivity index (χ1n) is 5.82. The summed E-state index contributed by atoms with van der Waals surface area (Å²) in [6, 6.07) is 1.95. The van der Waals surface area contributed by atoms with Gasteiger partial charge in [0.1, 0.15) is 10.7 Å². The highest BCUT2D eigenvalue weighted by Gasteiger charge is 2.10. The predicted molar refractivity (Wildman–Crippen MR) is 73.3 cm³/mol. The Morgan fingerprint density at radius 1 is 1.50 bits per heavy atom. The van der Waals surface area contributed by atoms with E-state index in [0.29, 0.717) is 24.7 Å². The topological polar surface area (TPSA) is 87.3 Å². The van der Waals surface area contributed by atoms with Gasteiger partial charge in [-0.1, -0.05) is 6.92 Å². The van der Waals surface area contributed by atoms with E-state index in [2.05, 4.69) is 20.3 Å². The fraction of sp³-hybridized carbons (Fsp3) is 0.455. The zero-order chi connectivity index (χ0) is 13.0. The molecule has 0 aliphatic carbocycles. The van der Waals surface area contributed by atoms with E-state index in [1.165, 1.54) is 0 Å². The zero-order valence-corrected chi connectivity index (χ0v) is 11.1. The minimum Gasteiger partial charge on any atom is -0.395 e. The molecular weight excluding hydrogens is 250 g/mol. The van der Waals surface area contributed by atoms with Gasteiger partial charge in [0.2, 0.25) is 0 Å². The molecule has 2 aromatic rings. The summed E-state index contributed by atoms with van der Waals surface area (Å²) in [6.07, 6.45) is 0. The minimum absolute atomic E-state index is 0.136. The van der Waals surface area contributed by atoms with Gasteiger partial charge < -0.3 is 10.5 Å². The first kappa shape index (κ1) is 13.2.